The quantitative estimate of drug-likeness (QED) is 0.849. The van der Waals surface area contributed by atoms with E-state index in [0.717, 1.165) is 28.9 Å². The van der Waals surface area contributed by atoms with Gasteiger partial charge in [-0.15, -0.1) is 0 Å². The minimum Gasteiger partial charge on any atom is -0.489 e. The molecular formula is C18H20ClNO. The van der Waals surface area contributed by atoms with Crippen LogP contribution in [0, 0.1) is 6.92 Å². The molecule has 0 radical (unpaired) electrons. The van der Waals surface area contributed by atoms with Crippen LogP contribution in [0.4, 0.5) is 0 Å². The lowest BCUT2D eigenvalue weighted by atomic mass is 10.1. The molecule has 1 aliphatic rings. The highest BCUT2D eigenvalue weighted by Crippen LogP contribution is 2.24. The molecule has 21 heavy (non-hydrogen) atoms. The lowest BCUT2D eigenvalue weighted by molar-refractivity contribution is 0.302. The minimum atomic E-state index is 0.588. The van der Waals surface area contributed by atoms with Crippen LogP contribution in [0.5, 0.6) is 5.75 Å². The maximum atomic E-state index is 5.97. The van der Waals surface area contributed by atoms with Gasteiger partial charge in [-0.05, 0) is 54.7 Å². The average Bonchev–Trinajstić information content (AvgIpc) is 3.29. The van der Waals surface area contributed by atoms with Crippen molar-refractivity contribution >= 4 is 11.6 Å². The van der Waals surface area contributed by atoms with E-state index in [4.69, 9.17) is 16.3 Å². The summed E-state index contributed by atoms with van der Waals surface area (Å²) in [6, 6.07) is 14.9. The summed E-state index contributed by atoms with van der Waals surface area (Å²) in [5, 5.41) is 4.30. The van der Waals surface area contributed by atoms with Gasteiger partial charge in [-0.25, -0.2) is 0 Å². The van der Waals surface area contributed by atoms with Crippen molar-refractivity contribution in [3.63, 3.8) is 0 Å². The van der Waals surface area contributed by atoms with E-state index in [2.05, 4.69) is 29.6 Å². The highest BCUT2D eigenvalue weighted by atomic mass is 35.5. The first-order valence-electron chi connectivity index (χ1n) is 7.41. The predicted molar refractivity (Wildman–Crippen MR) is 86.8 cm³/mol. The van der Waals surface area contributed by atoms with Gasteiger partial charge in [0, 0.05) is 17.6 Å². The standard InChI is InChI=1S/C18H20ClNO/c1-13-10-16(19)6-9-18(13)21-12-15-5-3-2-4-14(15)11-20-17-7-8-17/h2-6,9-10,17,20H,7-8,11-12H2,1H3. The Kier molecular flexibility index (Phi) is 4.47. The number of rotatable bonds is 6. The Morgan fingerprint density at radius 3 is 2.62 bits per heavy atom. The molecule has 2 nitrogen and oxygen atoms in total. The molecule has 1 aliphatic carbocycles. The fraction of sp³-hybridized carbons (Fsp3) is 0.333. The number of aryl methyl sites for hydroxylation is 1. The Morgan fingerprint density at radius 2 is 1.90 bits per heavy atom. The first kappa shape index (κ1) is 14.4. The SMILES string of the molecule is Cc1cc(Cl)ccc1OCc1ccccc1CNC1CC1. The van der Waals surface area contributed by atoms with Crippen molar-refractivity contribution in [1.29, 1.82) is 0 Å². The number of benzene rings is 2. The zero-order chi connectivity index (χ0) is 14.7. The summed E-state index contributed by atoms with van der Waals surface area (Å²) in [5.41, 5.74) is 3.62. The molecule has 1 N–H and O–H groups in total. The van der Waals surface area contributed by atoms with Gasteiger partial charge in [0.1, 0.15) is 12.4 Å². The van der Waals surface area contributed by atoms with E-state index in [1.54, 1.807) is 0 Å². The van der Waals surface area contributed by atoms with Gasteiger partial charge >= 0.3 is 0 Å². The summed E-state index contributed by atoms with van der Waals surface area (Å²) in [5.74, 6) is 0.893. The first-order valence-corrected chi connectivity index (χ1v) is 7.79. The van der Waals surface area contributed by atoms with Crippen LogP contribution in [0.25, 0.3) is 0 Å². The molecule has 0 amide bonds. The number of hydrogen-bond acceptors (Lipinski definition) is 2. The third-order valence-corrected chi connectivity index (χ3v) is 4.03. The van der Waals surface area contributed by atoms with Gasteiger partial charge in [0.05, 0.1) is 0 Å². The molecule has 0 bridgehead atoms. The molecule has 1 saturated carbocycles. The molecule has 0 atom stereocenters. The average molecular weight is 302 g/mol. The Labute approximate surface area is 131 Å². The van der Waals surface area contributed by atoms with Gasteiger partial charge in [0.25, 0.3) is 0 Å². The van der Waals surface area contributed by atoms with E-state index in [9.17, 15) is 0 Å². The summed E-state index contributed by atoms with van der Waals surface area (Å²) >= 11 is 5.97. The molecule has 0 aromatic heterocycles. The van der Waals surface area contributed by atoms with Crippen molar-refractivity contribution < 1.29 is 4.74 Å². The van der Waals surface area contributed by atoms with Gasteiger partial charge in [-0.3, -0.25) is 0 Å². The summed E-state index contributed by atoms with van der Waals surface area (Å²) in [7, 11) is 0. The molecule has 0 aliphatic heterocycles. The Balaban J connectivity index is 1.66. The molecule has 0 spiro atoms. The van der Waals surface area contributed by atoms with E-state index in [1.807, 2.05) is 25.1 Å². The van der Waals surface area contributed by atoms with Crippen LogP contribution >= 0.6 is 11.6 Å². The van der Waals surface area contributed by atoms with Crippen LogP contribution < -0.4 is 10.1 Å². The minimum absolute atomic E-state index is 0.588. The Hall–Kier alpha value is -1.51. The third kappa shape index (κ3) is 3.99. The van der Waals surface area contributed by atoms with Gasteiger partial charge in [0.15, 0.2) is 0 Å². The molecule has 3 rings (SSSR count). The van der Waals surface area contributed by atoms with Crippen molar-refractivity contribution in [3.05, 3.63) is 64.2 Å². The fourth-order valence-electron chi connectivity index (χ4n) is 2.34. The van der Waals surface area contributed by atoms with E-state index < -0.39 is 0 Å². The zero-order valence-electron chi connectivity index (χ0n) is 12.2. The summed E-state index contributed by atoms with van der Waals surface area (Å²) in [4.78, 5) is 0. The summed E-state index contributed by atoms with van der Waals surface area (Å²) in [6.07, 6.45) is 2.62. The summed E-state index contributed by atoms with van der Waals surface area (Å²) < 4.78 is 5.95. The molecule has 2 aromatic rings. The van der Waals surface area contributed by atoms with E-state index >= 15 is 0 Å². The Morgan fingerprint density at radius 1 is 1.14 bits per heavy atom. The third-order valence-electron chi connectivity index (χ3n) is 3.80. The van der Waals surface area contributed by atoms with Crippen LogP contribution in [0.15, 0.2) is 42.5 Å². The van der Waals surface area contributed by atoms with Crippen LogP contribution in [-0.2, 0) is 13.2 Å². The maximum absolute atomic E-state index is 5.97. The molecule has 1 fully saturated rings. The van der Waals surface area contributed by atoms with Gasteiger partial charge in [0.2, 0.25) is 0 Å². The van der Waals surface area contributed by atoms with Crippen molar-refractivity contribution in [2.45, 2.75) is 39.0 Å². The second kappa shape index (κ2) is 6.50. The van der Waals surface area contributed by atoms with E-state index in [-0.39, 0.29) is 0 Å². The monoisotopic (exact) mass is 301 g/mol. The molecule has 3 heteroatoms. The number of nitrogens with one attached hydrogen (secondary N) is 1. The van der Waals surface area contributed by atoms with Crippen molar-refractivity contribution in [2.24, 2.45) is 0 Å². The van der Waals surface area contributed by atoms with Gasteiger partial charge in [-0.1, -0.05) is 35.9 Å². The zero-order valence-corrected chi connectivity index (χ0v) is 13.0. The molecule has 0 heterocycles. The molecule has 0 unspecified atom stereocenters. The van der Waals surface area contributed by atoms with Crippen molar-refractivity contribution in [2.75, 3.05) is 0 Å². The molecule has 110 valence electrons. The Bertz CT molecular complexity index is 622. The van der Waals surface area contributed by atoms with Crippen molar-refractivity contribution in [1.82, 2.24) is 5.32 Å². The van der Waals surface area contributed by atoms with Crippen LogP contribution in [-0.4, -0.2) is 6.04 Å². The van der Waals surface area contributed by atoms with Gasteiger partial charge in [-0.2, -0.15) is 0 Å². The molecular weight excluding hydrogens is 282 g/mol. The highest BCUT2D eigenvalue weighted by molar-refractivity contribution is 6.30. The topological polar surface area (TPSA) is 21.3 Å². The number of halogens is 1. The number of ether oxygens (including phenoxy) is 1. The smallest absolute Gasteiger partial charge is 0.122 e. The second-order valence-electron chi connectivity index (χ2n) is 5.62. The molecule has 0 saturated heterocycles. The first-order chi connectivity index (χ1) is 10.2. The van der Waals surface area contributed by atoms with E-state index in [1.165, 1.54) is 24.0 Å². The fourth-order valence-corrected chi connectivity index (χ4v) is 2.57. The summed E-state index contributed by atoms with van der Waals surface area (Å²) in [6.45, 7) is 3.52. The van der Waals surface area contributed by atoms with Crippen LogP contribution in [0.1, 0.15) is 29.5 Å². The number of hydrogen-bond donors (Lipinski definition) is 1. The van der Waals surface area contributed by atoms with Crippen LogP contribution in [0.2, 0.25) is 5.02 Å². The van der Waals surface area contributed by atoms with E-state index in [0.29, 0.717) is 6.61 Å². The second-order valence-corrected chi connectivity index (χ2v) is 6.06. The van der Waals surface area contributed by atoms with Crippen LogP contribution in [0.3, 0.4) is 0 Å². The lowest BCUT2D eigenvalue weighted by Crippen LogP contribution is -2.16. The highest BCUT2D eigenvalue weighted by Gasteiger charge is 2.20. The molecule has 2 aromatic carbocycles. The van der Waals surface area contributed by atoms with Crippen molar-refractivity contribution in [3.8, 4) is 5.75 Å². The normalized spacial score (nSPS) is 14.2. The predicted octanol–water partition coefficient (Wildman–Crippen LogP) is 4.48. The van der Waals surface area contributed by atoms with Gasteiger partial charge < -0.3 is 10.1 Å². The lowest BCUT2D eigenvalue weighted by Gasteiger charge is -2.13. The largest absolute Gasteiger partial charge is 0.489 e. The maximum Gasteiger partial charge on any atom is 0.122 e.